The SMILES string of the molecule is Cc1ccc(SC(S)PC(=N)C(N)=NCC(=N)C(C)(C)C)cc1. The van der Waals surface area contributed by atoms with Crippen LogP contribution in [0.1, 0.15) is 26.3 Å². The van der Waals surface area contributed by atoms with Crippen molar-refractivity contribution in [3.63, 3.8) is 0 Å². The fraction of sp³-hybridized carbons (Fsp3) is 0.438. The number of thioether (sulfide) groups is 1. The molecule has 0 aliphatic carbocycles. The van der Waals surface area contributed by atoms with Crippen molar-refractivity contribution >= 4 is 50.0 Å². The maximum atomic E-state index is 8.05. The predicted molar refractivity (Wildman–Crippen MR) is 110 cm³/mol. The number of aliphatic imine (C=N–C) groups is 1. The molecule has 0 radical (unpaired) electrons. The standard InChI is InChI=1S/C16H25N4PS2/c1-10-5-7-11(8-6-10)23-15(22)21-14(19)13(18)20-9-12(17)16(2,3)4/h5-8,15,17,19,21-22H,9H2,1-4H3,(H2,18,20). The van der Waals surface area contributed by atoms with Crippen LogP contribution in [-0.2, 0) is 0 Å². The van der Waals surface area contributed by atoms with Crippen molar-refractivity contribution in [3.8, 4) is 0 Å². The number of nitrogens with two attached hydrogens (primary N) is 1. The molecule has 2 unspecified atom stereocenters. The molecule has 0 aromatic heterocycles. The van der Waals surface area contributed by atoms with Crippen LogP contribution in [0.15, 0.2) is 34.2 Å². The number of thiol groups is 1. The number of nitrogens with zero attached hydrogens (tertiary/aromatic N) is 1. The molecule has 0 aliphatic rings. The fourth-order valence-electron chi connectivity index (χ4n) is 1.45. The summed E-state index contributed by atoms with van der Waals surface area (Å²) in [4.78, 5) is 5.30. The summed E-state index contributed by atoms with van der Waals surface area (Å²) in [6.07, 6.45) is 0. The van der Waals surface area contributed by atoms with Gasteiger partial charge in [-0.15, -0.1) is 11.8 Å². The van der Waals surface area contributed by atoms with Gasteiger partial charge in [-0.3, -0.25) is 10.4 Å². The summed E-state index contributed by atoms with van der Waals surface area (Å²) in [6, 6.07) is 8.23. The van der Waals surface area contributed by atoms with Gasteiger partial charge in [0.25, 0.3) is 0 Å². The van der Waals surface area contributed by atoms with E-state index in [2.05, 4.69) is 48.8 Å². The van der Waals surface area contributed by atoms with Crippen LogP contribution in [0.3, 0.4) is 0 Å². The molecule has 0 heterocycles. The Bertz CT molecular complexity index is 591. The first-order valence-electron chi connectivity index (χ1n) is 7.24. The van der Waals surface area contributed by atoms with Crippen LogP contribution in [0.4, 0.5) is 0 Å². The summed E-state index contributed by atoms with van der Waals surface area (Å²) in [5.41, 5.74) is 7.67. The van der Waals surface area contributed by atoms with E-state index in [1.807, 2.05) is 20.8 Å². The number of amidine groups is 1. The zero-order valence-corrected chi connectivity index (χ0v) is 16.7. The maximum absolute atomic E-state index is 8.05. The zero-order valence-electron chi connectivity index (χ0n) is 14.0. The van der Waals surface area contributed by atoms with Crippen LogP contribution < -0.4 is 5.73 Å². The highest BCUT2D eigenvalue weighted by Crippen LogP contribution is 2.38. The van der Waals surface area contributed by atoms with Gasteiger partial charge in [-0.25, -0.2) is 0 Å². The molecule has 4 N–H and O–H groups in total. The van der Waals surface area contributed by atoms with Gasteiger partial charge < -0.3 is 11.1 Å². The van der Waals surface area contributed by atoms with Crippen molar-refractivity contribution in [2.45, 2.75) is 36.9 Å². The number of hydrogen-bond donors (Lipinski definition) is 4. The zero-order chi connectivity index (χ0) is 17.6. The van der Waals surface area contributed by atoms with Gasteiger partial charge in [-0.2, -0.15) is 12.6 Å². The predicted octanol–water partition coefficient (Wildman–Crippen LogP) is 4.38. The van der Waals surface area contributed by atoms with Gasteiger partial charge in [0.1, 0.15) is 5.84 Å². The third-order valence-corrected chi connectivity index (χ3v) is 6.08. The molecule has 0 spiro atoms. The van der Waals surface area contributed by atoms with Gasteiger partial charge in [0.15, 0.2) is 0 Å². The molecule has 0 amide bonds. The highest BCUT2D eigenvalue weighted by Gasteiger charge is 2.17. The lowest BCUT2D eigenvalue weighted by Gasteiger charge is -2.18. The highest BCUT2D eigenvalue weighted by atomic mass is 32.2. The van der Waals surface area contributed by atoms with E-state index in [1.165, 1.54) is 5.56 Å². The molecule has 1 aromatic carbocycles. The quantitative estimate of drug-likeness (QED) is 0.144. The van der Waals surface area contributed by atoms with Crippen molar-refractivity contribution in [1.82, 2.24) is 0 Å². The first kappa shape index (κ1) is 20.2. The Hall–Kier alpha value is -0.840. The summed E-state index contributed by atoms with van der Waals surface area (Å²) in [5.74, 6) is 0.209. The summed E-state index contributed by atoms with van der Waals surface area (Å²) in [7, 11) is 0.157. The van der Waals surface area contributed by atoms with Gasteiger partial charge in [0.2, 0.25) is 0 Å². The third kappa shape index (κ3) is 7.51. The van der Waals surface area contributed by atoms with E-state index in [0.29, 0.717) is 11.2 Å². The molecule has 126 valence electrons. The lowest BCUT2D eigenvalue weighted by atomic mass is 9.90. The second-order valence-electron chi connectivity index (χ2n) is 6.23. The van der Waals surface area contributed by atoms with E-state index in [9.17, 15) is 0 Å². The average molecular weight is 369 g/mol. The van der Waals surface area contributed by atoms with E-state index < -0.39 is 0 Å². The van der Waals surface area contributed by atoms with Crippen LogP contribution in [0.2, 0.25) is 0 Å². The third-order valence-electron chi connectivity index (χ3n) is 3.11. The lowest BCUT2D eigenvalue weighted by molar-refractivity contribution is 0.579. The molecule has 1 rings (SSSR count). The Balaban J connectivity index is 2.53. The maximum Gasteiger partial charge on any atom is 0.144 e. The normalized spacial score (nSPS) is 14.2. The van der Waals surface area contributed by atoms with Gasteiger partial charge in [0.05, 0.1) is 16.3 Å². The van der Waals surface area contributed by atoms with Crippen LogP contribution in [0.5, 0.6) is 0 Å². The Labute approximate surface area is 150 Å². The van der Waals surface area contributed by atoms with Crippen molar-refractivity contribution in [3.05, 3.63) is 29.8 Å². The second-order valence-corrected chi connectivity index (χ2v) is 10.5. The lowest BCUT2D eigenvalue weighted by Crippen LogP contribution is -2.26. The molecule has 0 fully saturated rings. The van der Waals surface area contributed by atoms with E-state index >= 15 is 0 Å². The van der Waals surface area contributed by atoms with Gasteiger partial charge in [-0.05, 0) is 27.6 Å². The van der Waals surface area contributed by atoms with Crippen LogP contribution in [0.25, 0.3) is 0 Å². The number of nitrogens with one attached hydrogen (secondary N) is 2. The molecule has 2 atom stereocenters. The largest absolute Gasteiger partial charge is 0.382 e. The Morgan fingerprint density at radius 1 is 1.30 bits per heavy atom. The first-order valence-corrected chi connectivity index (χ1v) is 9.71. The van der Waals surface area contributed by atoms with E-state index in [1.54, 1.807) is 11.8 Å². The van der Waals surface area contributed by atoms with E-state index in [4.69, 9.17) is 16.6 Å². The summed E-state index contributed by atoms with van der Waals surface area (Å²) >= 11 is 6.15. The number of aryl methyl sites for hydroxylation is 1. The topological polar surface area (TPSA) is 86.1 Å². The molecular weight excluding hydrogens is 343 g/mol. The smallest absolute Gasteiger partial charge is 0.144 e. The summed E-state index contributed by atoms with van der Waals surface area (Å²) in [6.45, 7) is 8.20. The Morgan fingerprint density at radius 2 is 1.87 bits per heavy atom. The van der Waals surface area contributed by atoms with Crippen LogP contribution >= 0.6 is 33.0 Å². The van der Waals surface area contributed by atoms with Crippen molar-refractivity contribution in [1.29, 1.82) is 10.8 Å². The summed E-state index contributed by atoms with van der Waals surface area (Å²) in [5, 5.41) is 16.0. The van der Waals surface area contributed by atoms with Crippen molar-refractivity contribution < 1.29 is 0 Å². The minimum absolute atomic E-state index is 0.0268. The number of hydrogen-bond acceptors (Lipinski definition) is 5. The van der Waals surface area contributed by atoms with Gasteiger partial charge in [-0.1, -0.05) is 38.5 Å². The van der Waals surface area contributed by atoms with Gasteiger partial charge >= 0.3 is 0 Å². The molecule has 0 saturated heterocycles. The molecule has 7 heteroatoms. The highest BCUT2D eigenvalue weighted by molar-refractivity contribution is 8.17. The fourth-order valence-corrected chi connectivity index (χ4v) is 4.23. The Morgan fingerprint density at radius 3 is 2.39 bits per heavy atom. The molecule has 0 saturated carbocycles. The number of benzene rings is 1. The molecule has 0 aliphatic heterocycles. The molecule has 0 bridgehead atoms. The van der Waals surface area contributed by atoms with Crippen molar-refractivity contribution in [2.24, 2.45) is 16.1 Å². The number of rotatable bonds is 7. The van der Waals surface area contributed by atoms with E-state index in [-0.39, 0.29) is 30.7 Å². The van der Waals surface area contributed by atoms with Crippen molar-refractivity contribution in [2.75, 3.05) is 6.54 Å². The first-order chi connectivity index (χ1) is 10.6. The Kier molecular flexibility index (Phi) is 7.78. The van der Waals surface area contributed by atoms with Crippen LogP contribution in [0, 0.1) is 23.2 Å². The monoisotopic (exact) mass is 368 g/mol. The average Bonchev–Trinajstić information content (AvgIpc) is 2.45. The molecular formula is C16H25N4PS2. The molecule has 1 aromatic rings. The summed E-state index contributed by atoms with van der Waals surface area (Å²) < 4.78 is -0.0268. The van der Waals surface area contributed by atoms with Crippen LogP contribution in [-0.4, -0.2) is 27.9 Å². The van der Waals surface area contributed by atoms with Gasteiger partial charge in [0, 0.05) is 16.0 Å². The molecule has 23 heavy (non-hydrogen) atoms. The minimum atomic E-state index is -0.221. The van der Waals surface area contributed by atoms with E-state index in [0.717, 1.165) is 4.90 Å². The second kappa shape index (κ2) is 8.86. The molecule has 4 nitrogen and oxygen atoms in total. The minimum Gasteiger partial charge on any atom is -0.382 e.